The Labute approximate surface area is 210 Å². The van der Waals surface area contributed by atoms with Crippen LogP contribution in [0.3, 0.4) is 0 Å². The number of rotatable bonds is 8. The maximum Gasteiger partial charge on any atom is 0.408 e. The highest BCUT2D eigenvalue weighted by molar-refractivity contribution is 7.09. The maximum absolute atomic E-state index is 13.3. The number of fused-ring (bicyclic) bond motifs is 2. The summed E-state index contributed by atoms with van der Waals surface area (Å²) in [5.74, 6) is -1.71. The number of benzene rings is 1. The highest BCUT2D eigenvalue weighted by Crippen LogP contribution is 2.23. The van der Waals surface area contributed by atoms with Gasteiger partial charge in [0.2, 0.25) is 5.78 Å². The molecule has 0 saturated heterocycles. The van der Waals surface area contributed by atoms with E-state index >= 15 is 0 Å². The van der Waals surface area contributed by atoms with Crippen molar-refractivity contribution in [3.63, 3.8) is 0 Å². The van der Waals surface area contributed by atoms with Crippen molar-refractivity contribution in [2.45, 2.75) is 77.9 Å². The number of ketones is 3. The summed E-state index contributed by atoms with van der Waals surface area (Å²) in [5.41, 5.74) is 1.87. The van der Waals surface area contributed by atoms with Crippen LogP contribution in [0.15, 0.2) is 35.7 Å². The van der Waals surface area contributed by atoms with E-state index in [2.05, 4.69) is 10.3 Å². The number of hydrogen-bond donors (Lipinski definition) is 1. The third kappa shape index (κ3) is 8.69. The van der Waals surface area contributed by atoms with E-state index in [1.165, 1.54) is 0 Å². The van der Waals surface area contributed by atoms with E-state index in [0.717, 1.165) is 29.1 Å². The van der Waals surface area contributed by atoms with E-state index in [1.807, 2.05) is 49.6 Å². The second kappa shape index (κ2) is 13.3. The van der Waals surface area contributed by atoms with Crippen LogP contribution in [-0.2, 0) is 38.6 Å². The summed E-state index contributed by atoms with van der Waals surface area (Å²) in [6, 6.07) is 8.51. The Hall–Kier alpha value is -2.87. The van der Waals surface area contributed by atoms with Crippen LogP contribution in [0.25, 0.3) is 0 Å². The minimum absolute atomic E-state index is 0.0842. The average Bonchev–Trinajstić information content (AvgIpc) is 3.29. The monoisotopic (exact) mass is 498 g/mol. The fourth-order valence-electron chi connectivity index (χ4n) is 4.18. The van der Waals surface area contributed by atoms with Gasteiger partial charge in [0, 0.05) is 30.6 Å². The lowest BCUT2D eigenvalue weighted by Gasteiger charge is -2.22. The number of hydrogen-bond acceptors (Lipinski definition) is 7. The molecule has 1 N–H and O–H groups in total. The third-order valence-electron chi connectivity index (χ3n) is 6.09. The van der Waals surface area contributed by atoms with Crippen LogP contribution in [0.4, 0.5) is 4.79 Å². The summed E-state index contributed by atoms with van der Waals surface area (Å²) >= 11 is 1.55. The number of thiazole rings is 1. The largest absolute Gasteiger partial charge is 0.445 e. The molecule has 0 saturated carbocycles. The number of ether oxygens (including phenoxy) is 1. The molecule has 1 amide bonds. The van der Waals surface area contributed by atoms with Crippen LogP contribution in [0.1, 0.15) is 68.6 Å². The predicted molar refractivity (Wildman–Crippen MR) is 134 cm³/mol. The minimum atomic E-state index is -0.783. The standard InChI is InChI=1S/C27H34N2O5S/c1-18(2)14-22(29-27(33)34-16-19-8-4-3-5-9-19)24(31)15-20-12-13-25-28-21(17-35-25)10-6-7-11-23(30)26(20)32/h3-5,8-9,17-18,20,22H,6-7,10-16H2,1-2H3,(H,29,33). The van der Waals surface area contributed by atoms with E-state index in [4.69, 9.17) is 4.74 Å². The first-order valence-corrected chi connectivity index (χ1v) is 13.2. The van der Waals surface area contributed by atoms with Gasteiger partial charge in [-0.05, 0) is 43.6 Å². The summed E-state index contributed by atoms with van der Waals surface area (Å²) in [6.07, 6.45) is 3.02. The van der Waals surface area contributed by atoms with E-state index in [9.17, 15) is 19.2 Å². The maximum atomic E-state index is 13.3. The fraction of sp³-hybridized carbons (Fsp3) is 0.519. The first-order chi connectivity index (χ1) is 16.8. The van der Waals surface area contributed by atoms with Gasteiger partial charge in [0.15, 0.2) is 11.6 Å². The van der Waals surface area contributed by atoms with E-state index in [-0.39, 0.29) is 31.1 Å². The molecule has 35 heavy (non-hydrogen) atoms. The number of Topliss-reactive ketones (excluding diaryl/α,β-unsaturated/α-hetero) is 3. The molecule has 1 aromatic heterocycles. The lowest BCUT2D eigenvalue weighted by Crippen LogP contribution is -2.43. The molecule has 8 heteroatoms. The van der Waals surface area contributed by atoms with Gasteiger partial charge in [-0.3, -0.25) is 14.4 Å². The second-order valence-corrected chi connectivity index (χ2v) is 10.5. The highest BCUT2D eigenvalue weighted by atomic mass is 32.1. The number of carbonyl (C=O) groups excluding carboxylic acids is 4. The summed E-state index contributed by atoms with van der Waals surface area (Å²) in [7, 11) is 0. The molecule has 0 radical (unpaired) electrons. The Kier molecular flexibility index (Phi) is 10.1. The van der Waals surface area contributed by atoms with Gasteiger partial charge in [-0.15, -0.1) is 11.3 Å². The molecule has 2 aromatic rings. The SMILES string of the molecule is CC(C)CC(NC(=O)OCc1ccccc1)C(=O)CC1CCc2nc(cs2)CCCCC(=O)C1=O. The number of nitrogens with one attached hydrogen (secondary N) is 1. The zero-order valence-corrected chi connectivity index (χ0v) is 21.3. The van der Waals surface area contributed by atoms with Crippen molar-refractivity contribution >= 4 is 34.8 Å². The van der Waals surface area contributed by atoms with E-state index < -0.39 is 29.6 Å². The van der Waals surface area contributed by atoms with E-state index in [0.29, 0.717) is 25.7 Å². The third-order valence-corrected chi connectivity index (χ3v) is 7.04. The van der Waals surface area contributed by atoms with Crippen molar-refractivity contribution in [1.82, 2.24) is 10.3 Å². The van der Waals surface area contributed by atoms with Crippen molar-refractivity contribution in [3.8, 4) is 0 Å². The molecule has 0 aliphatic carbocycles. The summed E-state index contributed by atoms with van der Waals surface area (Å²) in [4.78, 5) is 55.8. The Balaban J connectivity index is 1.66. The van der Waals surface area contributed by atoms with Crippen LogP contribution < -0.4 is 5.32 Å². The van der Waals surface area contributed by atoms with Gasteiger partial charge in [-0.2, -0.15) is 0 Å². The lowest BCUT2D eigenvalue weighted by atomic mass is 9.86. The highest BCUT2D eigenvalue weighted by Gasteiger charge is 2.31. The first kappa shape index (κ1) is 26.7. The molecule has 2 heterocycles. The molecule has 2 bridgehead atoms. The van der Waals surface area contributed by atoms with Crippen molar-refractivity contribution in [2.75, 3.05) is 0 Å². The number of aromatic nitrogens is 1. The average molecular weight is 499 g/mol. The van der Waals surface area contributed by atoms with Crippen LogP contribution in [0, 0.1) is 11.8 Å². The van der Waals surface area contributed by atoms with Crippen molar-refractivity contribution in [3.05, 3.63) is 52.0 Å². The molecule has 1 aromatic carbocycles. The zero-order valence-electron chi connectivity index (χ0n) is 20.5. The molecular weight excluding hydrogens is 464 g/mol. The molecule has 7 nitrogen and oxygen atoms in total. The normalized spacial score (nSPS) is 17.9. The Bertz CT molecular complexity index is 1020. The number of carbonyl (C=O) groups is 4. The molecule has 0 fully saturated rings. The van der Waals surface area contributed by atoms with Gasteiger partial charge in [0.1, 0.15) is 6.61 Å². The van der Waals surface area contributed by atoms with E-state index in [1.54, 1.807) is 11.3 Å². The molecule has 2 atom stereocenters. The van der Waals surface area contributed by atoms with Crippen LogP contribution in [0.2, 0.25) is 0 Å². The number of alkyl carbamates (subject to hydrolysis) is 1. The summed E-state index contributed by atoms with van der Waals surface area (Å²) < 4.78 is 5.30. The van der Waals surface area contributed by atoms with Crippen LogP contribution in [0.5, 0.6) is 0 Å². The van der Waals surface area contributed by atoms with Crippen molar-refractivity contribution in [2.24, 2.45) is 11.8 Å². The number of aryl methyl sites for hydroxylation is 2. The molecular formula is C27H34N2O5S. The fourth-order valence-corrected chi connectivity index (χ4v) is 5.03. The zero-order chi connectivity index (χ0) is 25.2. The molecule has 3 rings (SSSR count). The summed E-state index contributed by atoms with van der Waals surface area (Å²) in [6.45, 7) is 4.02. The molecule has 2 unspecified atom stereocenters. The first-order valence-electron chi connectivity index (χ1n) is 12.3. The second-order valence-electron chi connectivity index (χ2n) is 9.52. The molecule has 0 spiro atoms. The van der Waals surface area contributed by atoms with Gasteiger partial charge in [0.05, 0.1) is 16.7 Å². The predicted octanol–water partition coefficient (Wildman–Crippen LogP) is 4.86. The van der Waals surface area contributed by atoms with Crippen LogP contribution >= 0.6 is 11.3 Å². The smallest absolute Gasteiger partial charge is 0.408 e. The number of amides is 1. The molecule has 1 aliphatic rings. The lowest BCUT2D eigenvalue weighted by molar-refractivity contribution is -0.140. The Morgan fingerprint density at radius 2 is 1.86 bits per heavy atom. The molecule has 188 valence electrons. The van der Waals surface area contributed by atoms with Crippen LogP contribution in [-0.4, -0.2) is 34.5 Å². The quantitative estimate of drug-likeness (QED) is 0.522. The Morgan fingerprint density at radius 3 is 2.60 bits per heavy atom. The minimum Gasteiger partial charge on any atom is -0.445 e. The van der Waals surface area contributed by atoms with Crippen molar-refractivity contribution in [1.29, 1.82) is 0 Å². The number of nitrogens with zero attached hydrogens (tertiary/aromatic N) is 1. The van der Waals surface area contributed by atoms with Gasteiger partial charge in [-0.25, -0.2) is 9.78 Å². The van der Waals surface area contributed by atoms with Gasteiger partial charge in [-0.1, -0.05) is 44.2 Å². The van der Waals surface area contributed by atoms with Gasteiger partial charge >= 0.3 is 6.09 Å². The summed E-state index contributed by atoms with van der Waals surface area (Å²) in [5, 5.41) is 5.63. The van der Waals surface area contributed by atoms with Gasteiger partial charge in [0.25, 0.3) is 0 Å². The van der Waals surface area contributed by atoms with Gasteiger partial charge < -0.3 is 10.1 Å². The topological polar surface area (TPSA) is 102 Å². The van der Waals surface area contributed by atoms with Crippen molar-refractivity contribution < 1.29 is 23.9 Å². The molecule has 1 aliphatic heterocycles. The Morgan fingerprint density at radius 1 is 1.11 bits per heavy atom.